The first-order valence-electron chi connectivity index (χ1n) is 7.51. The molecule has 2 rings (SSSR count). The van der Waals surface area contributed by atoms with Crippen LogP contribution in [-0.4, -0.2) is 30.4 Å². The van der Waals surface area contributed by atoms with Crippen LogP contribution in [-0.2, 0) is 4.79 Å². The third-order valence-corrected chi connectivity index (χ3v) is 3.93. The molecule has 0 atom stereocenters. The average Bonchev–Trinajstić information content (AvgIpc) is 2.79. The van der Waals surface area contributed by atoms with E-state index in [1.807, 2.05) is 0 Å². The molecule has 21 heavy (non-hydrogen) atoms. The highest BCUT2D eigenvalue weighted by atomic mass is 16.1. The van der Waals surface area contributed by atoms with Gasteiger partial charge in [-0.25, -0.2) is 0 Å². The van der Waals surface area contributed by atoms with Crippen molar-refractivity contribution in [2.24, 2.45) is 5.41 Å². The fraction of sp³-hybridized carbons (Fsp3) is 0.529. The van der Waals surface area contributed by atoms with Crippen LogP contribution in [0.15, 0.2) is 24.3 Å². The Bertz CT molecular complexity index is 528. The largest absolute Gasteiger partial charge is 0.326 e. The van der Waals surface area contributed by atoms with Gasteiger partial charge in [0, 0.05) is 18.7 Å². The lowest BCUT2D eigenvalue weighted by atomic mass is 9.93. The number of amides is 1. The van der Waals surface area contributed by atoms with Crippen molar-refractivity contribution in [2.75, 3.05) is 25.0 Å². The van der Waals surface area contributed by atoms with Gasteiger partial charge in [-0.15, -0.1) is 0 Å². The predicted molar refractivity (Wildman–Crippen MR) is 83.9 cm³/mol. The molecule has 1 aliphatic rings. The molecule has 1 saturated heterocycles. The highest BCUT2D eigenvalue weighted by molar-refractivity contribution is 5.90. The van der Waals surface area contributed by atoms with Crippen LogP contribution in [0, 0.1) is 16.7 Å². The number of hydrogen-bond donors (Lipinski definition) is 1. The molecule has 1 fully saturated rings. The van der Waals surface area contributed by atoms with Crippen LogP contribution >= 0.6 is 0 Å². The fourth-order valence-electron chi connectivity index (χ4n) is 2.73. The Morgan fingerprint density at radius 1 is 1.38 bits per heavy atom. The minimum atomic E-state index is 0.0400. The number of carbonyl (C=O) groups excluding carboxylic acids is 1. The van der Waals surface area contributed by atoms with Gasteiger partial charge in [0.05, 0.1) is 11.6 Å². The minimum Gasteiger partial charge on any atom is -0.326 e. The molecule has 1 N–H and O–H groups in total. The van der Waals surface area contributed by atoms with E-state index in [0.29, 0.717) is 17.4 Å². The summed E-state index contributed by atoms with van der Waals surface area (Å²) >= 11 is 0. The van der Waals surface area contributed by atoms with E-state index >= 15 is 0 Å². The molecule has 1 heterocycles. The highest BCUT2D eigenvalue weighted by Crippen LogP contribution is 2.28. The zero-order chi connectivity index (χ0) is 15.3. The van der Waals surface area contributed by atoms with Crippen LogP contribution < -0.4 is 5.32 Å². The summed E-state index contributed by atoms with van der Waals surface area (Å²) in [6.45, 7) is 7.86. The Labute approximate surface area is 126 Å². The molecule has 0 unspecified atom stereocenters. The van der Waals surface area contributed by atoms with Crippen LogP contribution in [0.3, 0.4) is 0 Å². The Morgan fingerprint density at radius 3 is 2.67 bits per heavy atom. The van der Waals surface area contributed by atoms with Crippen molar-refractivity contribution in [3.63, 3.8) is 0 Å². The van der Waals surface area contributed by atoms with Crippen LogP contribution in [0.2, 0.25) is 0 Å². The van der Waals surface area contributed by atoms with E-state index in [9.17, 15) is 4.79 Å². The number of rotatable bonds is 5. The van der Waals surface area contributed by atoms with Crippen LogP contribution in [0.5, 0.6) is 0 Å². The van der Waals surface area contributed by atoms with E-state index in [1.165, 1.54) is 6.42 Å². The molecule has 0 aliphatic carbocycles. The topological polar surface area (TPSA) is 56.1 Å². The minimum absolute atomic E-state index is 0.0400. The number of nitriles is 1. The smallest absolute Gasteiger partial charge is 0.224 e. The highest BCUT2D eigenvalue weighted by Gasteiger charge is 2.28. The zero-order valence-electron chi connectivity index (χ0n) is 12.9. The van der Waals surface area contributed by atoms with Gasteiger partial charge in [0.2, 0.25) is 5.91 Å². The summed E-state index contributed by atoms with van der Waals surface area (Å²) in [6.07, 6.45) is 2.67. The van der Waals surface area contributed by atoms with Crippen molar-refractivity contribution in [2.45, 2.75) is 33.1 Å². The number of anilines is 1. The van der Waals surface area contributed by atoms with Gasteiger partial charge in [0.1, 0.15) is 0 Å². The number of carbonyl (C=O) groups is 1. The molecule has 0 spiro atoms. The van der Waals surface area contributed by atoms with Gasteiger partial charge >= 0.3 is 0 Å². The molecular formula is C17H23N3O. The summed E-state index contributed by atoms with van der Waals surface area (Å²) in [4.78, 5) is 14.3. The van der Waals surface area contributed by atoms with Crippen molar-refractivity contribution in [1.29, 1.82) is 5.26 Å². The third-order valence-electron chi connectivity index (χ3n) is 3.93. The van der Waals surface area contributed by atoms with E-state index in [2.05, 4.69) is 30.1 Å². The normalized spacial score (nSPS) is 17.4. The maximum atomic E-state index is 11.9. The maximum absolute atomic E-state index is 11.9. The van der Waals surface area contributed by atoms with Crippen molar-refractivity contribution >= 4 is 11.6 Å². The van der Waals surface area contributed by atoms with E-state index < -0.39 is 0 Å². The van der Waals surface area contributed by atoms with Gasteiger partial charge < -0.3 is 10.2 Å². The average molecular weight is 285 g/mol. The second-order valence-electron chi connectivity index (χ2n) is 6.53. The van der Waals surface area contributed by atoms with Gasteiger partial charge in [-0.3, -0.25) is 4.79 Å². The van der Waals surface area contributed by atoms with Gasteiger partial charge in [-0.1, -0.05) is 13.8 Å². The molecule has 0 aromatic heterocycles. The van der Waals surface area contributed by atoms with Crippen molar-refractivity contribution in [3.05, 3.63) is 29.8 Å². The zero-order valence-corrected chi connectivity index (χ0v) is 12.9. The van der Waals surface area contributed by atoms with Crippen molar-refractivity contribution in [3.8, 4) is 6.07 Å². The van der Waals surface area contributed by atoms with Crippen LogP contribution in [0.4, 0.5) is 5.69 Å². The standard InChI is InChI=1S/C17H23N3O/c1-17(2)9-11-20(13-17)10-3-4-16(21)19-15-7-5-14(12-18)6-8-15/h5-8H,3-4,9-11,13H2,1-2H3,(H,19,21). The quantitative estimate of drug-likeness (QED) is 0.904. The molecule has 4 nitrogen and oxygen atoms in total. The van der Waals surface area contributed by atoms with Gasteiger partial charge in [-0.05, 0) is 55.6 Å². The molecule has 1 aromatic carbocycles. The molecule has 1 aromatic rings. The number of benzene rings is 1. The number of likely N-dealkylation sites (tertiary alicyclic amines) is 1. The van der Waals surface area contributed by atoms with E-state index in [0.717, 1.165) is 31.7 Å². The van der Waals surface area contributed by atoms with Gasteiger partial charge in [0.25, 0.3) is 0 Å². The Kier molecular flexibility index (Phi) is 4.98. The fourth-order valence-corrected chi connectivity index (χ4v) is 2.73. The maximum Gasteiger partial charge on any atom is 0.224 e. The second-order valence-corrected chi connectivity index (χ2v) is 6.53. The summed E-state index contributed by atoms with van der Waals surface area (Å²) < 4.78 is 0. The first kappa shape index (κ1) is 15.5. The molecule has 0 bridgehead atoms. The first-order valence-corrected chi connectivity index (χ1v) is 7.51. The molecule has 1 aliphatic heterocycles. The van der Waals surface area contributed by atoms with Gasteiger partial charge in [0.15, 0.2) is 0 Å². The molecular weight excluding hydrogens is 262 g/mol. The summed E-state index contributed by atoms with van der Waals surface area (Å²) in [5.74, 6) is 0.0400. The summed E-state index contributed by atoms with van der Waals surface area (Å²) in [6, 6.07) is 9.01. The molecule has 0 radical (unpaired) electrons. The Hall–Kier alpha value is -1.86. The first-order chi connectivity index (χ1) is 9.98. The van der Waals surface area contributed by atoms with Gasteiger partial charge in [-0.2, -0.15) is 5.26 Å². The Morgan fingerprint density at radius 2 is 2.10 bits per heavy atom. The second kappa shape index (κ2) is 6.73. The Balaban J connectivity index is 1.69. The van der Waals surface area contributed by atoms with E-state index in [-0.39, 0.29) is 5.91 Å². The third kappa shape index (κ3) is 4.87. The molecule has 0 saturated carbocycles. The molecule has 4 heteroatoms. The lowest BCUT2D eigenvalue weighted by molar-refractivity contribution is -0.116. The number of nitrogens with one attached hydrogen (secondary N) is 1. The van der Waals surface area contributed by atoms with E-state index in [4.69, 9.17) is 5.26 Å². The molecule has 1 amide bonds. The summed E-state index contributed by atoms with van der Waals surface area (Å²) in [7, 11) is 0. The number of hydrogen-bond acceptors (Lipinski definition) is 3. The van der Waals surface area contributed by atoms with Crippen LogP contribution in [0.25, 0.3) is 0 Å². The van der Waals surface area contributed by atoms with Crippen molar-refractivity contribution < 1.29 is 4.79 Å². The summed E-state index contributed by atoms with van der Waals surface area (Å²) in [5, 5.41) is 11.6. The molecule has 112 valence electrons. The number of nitrogens with zero attached hydrogens (tertiary/aromatic N) is 2. The lowest BCUT2D eigenvalue weighted by Gasteiger charge is -2.19. The monoisotopic (exact) mass is 285 g/mol. The van der Waals surface area contributed by atoms with Crippen molar-refractivity contribution in [1.82, 2.24) is 4.90 Å². The lowest BCUT2D eigenvalue weighted by Crippen LogP contribution is -2.25. The SMILES string of the molecule is CC1(C)CCN(CCCC(=O)Nc2ccc(C#N)cc2)C1. The van der Waals surface area contributed by atoms with Crippen LogP contribution in [0.1, 0.15) is 38.7 Å². The summed E-state index contributed by atoms with van der Waals surface area (Å²) in [5.41, 5.74) is 1.77. The predicted octanol–water partition coefficient (Wildman–Crippen LogP) is 3.01. The van der Waals surface area contributed by atoms with E-state index in [1.54, 1.807) is 24.3 Å².